The van der Waals surface area contributed by atoms with Crippen molar-refractivity contribution in [2.24, 2.45) is 11.8 Å². The number of anilines is 2. The van der Waals surface area contributed by atoms with Gasteiger partial charge in [0, 0.05) is 52.5 Å². The predicted octanol–water partition coefficient (Wildman–Crippen LogP) is 9.28. The predicted molar refractivity (Wildman–Crippen MR) is 276 cm³/mol. The number of ether oxygens (including phenoxy) is 2. The fourth-order valence-corrected chi connectivity index (χ4v) is 11.0. The monoisotopic (exact) mass is 1030 g/mol. The fraction of sp³-hybridized carbons (Fsp3) is 0.462. The number of rotatable bonds is 12. The number of amides is 2. The van der Waals surface area contributed by atoms with Crippen LogP contribution in [-0.2, 0) is 37.5 Å². The van der Waals surface area contributed by atoms with Gasteiger partial charge in [0.2, 0.25) is 5.88 Å². The van der Waals surface area contributed by atoms with Gasteiger partial charge in [-0.05, 0) is 113 Å². The third-order valence-electron chi connectivity index (χ3n) is 12.4. The third kappa shape index (κ3) is 13.2. The average Bonchev–Trinajstić information content (AvgIpc) is 3.73. The summed E-state index contributed by atoms with van der Waals surface area (Å²) in [5, 5.41) is -0.603. The normalized spacial score (nSPS) is 17.8. The average molecular weight is 1030 g/mol. The van der Waals surface area contributed by atoms with Crippen LogP contribution in [0.1, 0.15) is 134 Å². The second kappa shape index (κ2) is 20.7. The Morgan fingerprint density at radius 2 is 1.08 bits per heavy atom. The lowest BCUT2D eigenvalue weighted by Crippen LogP contribution is -2.41. The number of pyridine rings is 4. The van der Waals surface area contributed by atoms with Crippen molar-refractivity contribution >= 4 is 55.1 Å². The molecule has 19 heteroatoms. The van der Waals surface area contributed by atoms with Crippen LogP contribution in [0.4, 0.5) is 11.6 Å². The minimum absolute atomic E-state index is 0.0278. The van der Waals surface area contributed by atoms with Gasteiger partial charge in [-0.15, -0.1) is 0 Å². The van der Waals surface area contributed by atoms with Crippen molar-refractivity contribution in [3.05, 3.63) is 118 Å². The standard InChI is InChI=1S/C30H38N4O5S.C22H29ClN4O3S/c1-20-17-30(5,6)34(18-20)27-23(15-16-24(31-27)29(2,3)4)28(35)33-40(36,37)26-10-8-9-25(32-26)39-19-21-11-13-22(38-7)14-12-21;1-14-12-22(5,6)27(13-14)19-15(10-11-16(24-19)21(2,3)4)20(28)26-31(29,30)18-9-7-8-17(23)25-18/h8-16,20H,17-19H2,1-7H3,(H,33,35);7-11,14H,12-13H2,1-6H3,(H,26,28). The number of halogens is 1. The van der Waals surface area contributed by atoms with Gasteiger partial charge in [0.15, 0.2) is 10.1 Å². The molecule has 5 aromatic rings. The van der Waals surface area contributed by atoms with E-state index in [1.165, 1.54) is 30.3 Å². The van der Waals surface area contributed by atoms with Crippen LogP contribution in [0.5, 0.6) is 11.6 Å². The molecule has 4 aromatic heterocycles. The molecule has 382 valence electrons. The first-order valence-electron chi connectivity index (χ1n) is 23.5. The molecule has 2 atom stereocenters. The van der Waals surface area contributed by atoms with Crippen molar-refractivity contribution in [1.29, 1.82) is 0 Å². The SMILES string of the molecule is CC1CN(c2nc(C(C)(C)C)ccc2C(=O)NS(=O)(=O)c2cccc(Cl)n2)C(C)(C)C1.COc1ccc(COc2cccc(S(=O)(=O)NC(=O)c3ccc(C(C)(C)C)nc3N3CC(C)CC3(C)C)n2)cc1. The molecule has 0 aliphatic carbocycles. The zero-order valence-corrected chi connectivity index (χ0v) is 45.3. The Balaban J connectivity index is 0.000000240. The lowest BCUT2D eigenvalue weighted by atomic mass is 9.91. The highest BCUT2D eigenvalue weighted by molar-refractivity contribution is 7.90. The molecule has 0 saturated carbocycles. The lowest BCUT2D eigenvalue weighted by Gasteiger charge is -2.34. The zero-order valence-electron chi connectivity index (χ0n) is 42.9. The van der Waals surface area contributed by atoms with Crippen LogP contribution in [0.15, 0.2) is 95.0 Å². The van der Waals surface area contributed by atoms with E-state index >= 15 is 0 Å². The first-order chi connectivity index (χ1) is 32.9. The zero-order chi connectivity index (χ0) is 52.5. The van der Waals surface area contributed by atoms with Crippen molar-refractivity contribution in [1.82, 2.24) is 29.4 Å². The van der Waals surface area contributed by atoms with E-state index in [0.717, 1.165) is 48.6 Å². The molecule has 2 aliphatic heterocycles. The van der Waals surface area contributed by atoms with E-state index < -0.39 is 31.9 Å². The summed E-state index contributed by atoms with van der Waals surface area (Å²) in [5.41, 5.74) is 1.99. The van der Waals surface area contributed by atoms with Crippen LogP contribution < -0.4 is 28.7 Å². The Morgan fingerprint density at radius 3 is 1.48 bits per heavy atom. The summed E-state index contributed by atoms with van der Waals surface area (Å²) in [7, 11) is -6.89. The van der Waals surface area contributed by atoms with E-state index in [0.29, 0.717) is 23.5 Å². The van der Waals surface area contributed by atoms with E-state index in [4.69, 9.17) is 31.0 Å². The number of nitrogens with one attached hydrogen (secondary N) is 2. The Bertz CT molecular complexity index is 2990. The van der Waals surface area contributed by atoms with Gasteiger partial charge in [0.05, 0.1) is 18.2 Å². The molecule has 1 aromatic carbocycles. The molecule has 0 radical (unpaired) electrons. The number of carbonyl (C=O) groups excluding carboxylic acids is 2. The molecule has 7 rings (SSSR count). The van der Waals surface area contributed by atoms with Gasteiger partial charge < -0.3 is 19.3 Å². The number of hydrogen-bond acceptors (Lipinski definition) is 14. The molecule has 0 bridgehead atoms. The number of carbonyl (C=O) groups is 2. The summed E-state index contributed by atoms with van der Waals surface area (Å²) in [4.78, 5) is 48.5. The van der Waals surface area contributed by atoms with Crippen LogP contribution in [0.2, 0.25) is 5.15 Å². The minimum Gasteiger partial charge on any atom is -0.497 e. The number of aromatic nitrogens is 4. The summed E-state index contributed by atoms with van der Waals surface area (Å²) < 4.78 is 67.1. The highest BCUT2D eigenvalue weighted by atomic mass is 35.5. The summed E-state index contributed by atoms with van der Waals surface area (Å²) in [6, 6.07) is 22.8. The molecule has 2 N–H and O–H groups in total. The number of sulfonamides is 2. The maximum Gasteiger partial charge on any atom is 0.281 e. The maximum absolute atomic E-state index is 13.5. The van der Waals surface area contributed by atoms with Crippen molar-refractivity contribution in [2.45, 2.75) is 134 Å². The Morgan fingerprint density at radius 1 is 0.648 bits per heavy atom. The van der Waals surface area contributed by atoms with Crippen molar-refractivity contribution < 1.29 is 35.9 Å². The summed E-state index contributed by atoms with van der Waals surface area (Å²) in [5.74, 6) is 1.14. The first-order valence-corrected chi connectivity index (χ1v) is 26.8. The summed E-state index contributed by atoms with van der Waals surface area (Å²) in [6.07, 6.45) is 1.88. The van der Waals surface area contributed by atoms with Gasteiger partial charge in [-0.25, -0.2) is 24.4 Å². The van der Waals surface area contributed by atoms with Gasteiger partial charge in [0.25, 0.3) is 31.9 Å². The van der Waals surface area contributed by atoms with E-state index in [1.807, 2.05) is 45.0 Å². The van der Waals surface area contributed by atoms with Gasteiger partial charge >= 0.3 is 0 Å². The van der Waals surface area contributed by atoms with Crippen molar-refractivity contribution in [3.8, 4) is 11.6 Å². The number of hydrogen-bond donors (Lipinski definition) is 2. The Kier molecular flexibility index (Phi) is 15.9. The molecule has 71 heavy (non-hydrogen) atoms. The topological polar surface area (TPSA) is 203 Å². The molecule has 6 heterocycles. The number of methoxy groups -OCH3 is 1. The van der Waals surface area contributed by atoms with Crippen molar-refractivity contribution in [2.75, 3.05) is 30.0 Å². The Labute approximate surface area is 424 Å². The lowest BCUT2D eigenvalue weighted by molar-refractivity contribution is 0.0972. The van der Waals surface area contributed by atoms with Crippen molar-refractivity contribution in [3.63, 3.8) is 0 Å². The number of benzene rings is 1. The summed E-state index contributed by atoms with van der Waals surface area (Å²) >= 11 is 5.82. The molecule has 0 spiro atoms. The van der Waals surface area contributed by atoms with Crippen LogP contribution in [-0.4, -0.2) is 79.9 Å². The second-order valence-electron chi connectivity index (χ2n) is 21.7. The molecule has 2 fully saturated rings. The van der Waals surface area contributed by atoms with Crippen LogP contribution in [0.25, 0.3) is 0 Å². The summed E-state index contributed by atoms with van der Waals surface area (Å²) in [6.45, 7) is 26.7. The smallest absolute Gasteiger partial charge is 0.281 e. The second-order valence-corrected chi connectivity index (χ2v) is 25.4. The highest BCUT2D eigenvalue weighted by Crippen LogP contribution is 2.40. The number of nitrogens with zero attached hydrogens (tertiary/aromatic N) is 6. The van der Waals surface area contributed by atoms with Crippen LogP contribution in [0, 0.1) is 11.8 Å². The highest BCUT2D eigenvalue weighted by Gasteiger charge is 2.41. The van der Waals surface area contributed by atoms with Gasteiger partial charge in [-0.1, -0.05) is 91.3 Å². The van der Waals surface area contributed by atoms with E-state index in [1.54, 1.807) is 37.4 Å². The fourth-order valence-electron chi connectivity index (χ4n) is 8.92. The first kappa shape index (κ1) is 54.5. The maximum atomic E-state index is 13.5. The Hall–Kier alpha value is -5.85. The molecule has 2 unspecified atom stereocenters. The van der Waals surface area contributed by atoms with Gasteiger partial charge in [-0.2, -0.15) is 21.8 Å². The molecule has 2 amide bonds. The molecule has 2 aliphatic rings. The van der Waals surface area contributed by atoms with E-state index in [-0.39, 0.29) is 60.7 Å². The van der Waals surface area contributed by atoms with Crippen LogP contribution >= 0.6 is 11.6 Å². The largest absolute Gasteiger partial charge is 0.497 e. The molecule has 16 nitrogen and oxygen atoms in total. The third-order valence-corrected chi connectivity index (χ3v) is 15.0. The quantitative estimate of drug-likeness (QED) is 0.112. The molecular weight excluding hydrogens is 964 g/mol. The van der Waals surface area contributed by atoms with E-state index in [2.05, 4.69) is 91.5 Å². The van der Waals surface area contributed by atoms with Gasteiger partial charge in [-0.3, -0.25) is 9.59 Å². The molecule has 2 saturated heterocycles. The molecular formula is C52H67ClN8O8S2. The van der Waals surface area contributed by atoms with E-state index in [9.17, 15) is 26.4 Å². The minimum atomic E-state index is -4.29. The van der Waals surface area contributed by atoms with Gasteiger partial charge in [0.1, 0.15) is 29.1 Å². The van der Waals surface area contributed by atoms with Crippen LogP contribution in [0.3, 0.4) is 0 Å².